The predicted octanol–water partition coefficient (Wildman–Crippen LogP) is 3.03. The molecule has 0 amide bonds. The highest BCUT2D eigenvalue weighted by Crippen LogP contribution is 2.08. The van der Waals surface area contributed by atoms with E-state index in [1.807, 2.05) is 55.5 Å². The molecular weight excluding hydrogens is 228 g/mol. The first-order valence-corrected chi connectivity index (χ1v) is 6.10. The van der Waals surface area contributed by atoms with Crippen LogP contribution in [0.25, 0.3) is 0 Å². The molecule has 2 atom stereocenters. The van der Waals surface area contributed by atoms with Gasteiger partial charge in [-0.2, -0.15) is 0 Å². The van der Waals surface area contributed by atoms with Crippen LogP contribution in [0.1, 0.15) is 12.5 Å². The largest absolute Gasteiger partial charge is 0.469 e. The predicted molar refractivity (Wildman–Crippen MR) is 69.8 cm³/mol. The average molecular weight is 246 g/mol. The van der Waals surface area contributed by atoms with Gasteiger partial charge in [0.15, 0.2) is 0 Å². The highest BCUT2D eigenvalue weighted by Gasteiger charge is 2.11. The topological polar surface area (TPSA) is 27.7 Å². The number of allylic oxidation sites excluding steroid dienone is 2. The fraction of sp³-hybridized carbons (Fsp3) is 0.333. The van der Waals surface area contributed by atoms with Gasteiger partial charge in [-0.1, -0.05) is 36.4 Å². The first-order valence-electron chi connectivity index (χ1n) is 6.10. The lowest BCUT2D eigenvalue weighted by atomic mass is 10.2. The quantitative estimate of drug-likeness (QED) is 0.772. The maximum atomic E-state index is 5.64. The Bertz CT molecular complexity index is 397. The monoisotopic (exact) mass is 246 g/mol. The third-order valence-electron chi connectivity index (χ3n) is 2.50. The molecule has 1 unspecified atom stereocenters. The Morgan fingerprint density at radius 2 is 2.06 bits per heavy atom. The Hall–Kier alpha value is -1.58. The van der Waals surface area contributed by atoms with Crippen molar-refractivity contribution >= 4 is 0 Å². The Kier molecular flexibility index (Phi) is 5.00. The van der Waals surface area contributed by atoms with Crippen molar-refractivity contribution in [2.45, 2.75) is 25.9 Å². The summed E-state index contributed by atoms with van der Waals surface area (Å²) in [4.78, 5) is 0. The van der Waals surface area contributed by atoms with Crippen molar-refractivity contribution in [2.24, 2.45) is 0 Å². The van der Waals surface area contributed by atoms with Crippen molar-refractivity contribution in [3.63, 3.8) is 0 Å². The number of ether oxygens (including phenoxy) is 3. The van der Waals surface area contributed by atoms with Crippen molar-refractivity contribution in [3.05, 3.63) is 60.4 Å². The van der Waals surface area contributed by atoms with E-state index in [-0.39, 0.29) is 12.4 Å². The molecule has 0 spiro atoms. The SMILES string of the molecule is CC(COCc1ccccc1)O[C@H]1C=CC=CO1. The van der Waals surface area contributed by atoms with Crippen LogP contribution in [0.5, 0.6) is 0 Å². The average Bonchev–Trinajstić information content (AvgIpc) is 2.41. The molecule has 18 heavy (non-hydrogen) atoms. The van der Waals surface area contributed by atoms with Crippen molar-refractivity contribution in [1.29, 1.82) is 0 Å². The molecule has 0 aromatic heterocycles. The van der Waals surface area contributed by atoms with E-state index >= 15 is 0 Å². The molecule has 0 N–H and O–H groups in total. The van der Waals surface area contributed by atoms with Crippen LogP contribution in [0.3, 0.4) is 0 Å². The van der Waals surface area contributed by atoms with Gasteiger partial charge in [0.1, 0.15) is 0 Å². The van der Waals surface area contributed by atoms with Gasteiger partial charge in [0.05, 0.1) is 25.6 Å². The fourth-order valence-electron chi connectivity index (χ4n) is 1.63. The molecule has 3 nitrogen and oxygen atoms in total. The summed E-state index contributed by atoms with van der Waals surface area (Å²) in [6.45, 7) is 3.13. The van der Waals surface area contributed by atoms with Gasteiger partial charge in [-0.15, -0.1) is 0 Å². The summed E-state index contributed by atoms with van der Waals surface area (Å²) in [5.74, 6) is 0. The van der Waals surface area contributed by atoms with Crippen molar-refractivity contribution < 1.29 is 14.2 Å². The van der Waals surface area contributed by atoms with E-state index in [9.17, 15) is 0 Å². The lowest BCUT2D eigenvalue weighted by Gasteiger charge is -2.20. The molecule has 96 valence electrons. The van der Waals surface area contributed by atoms with Crippen LogP contribution < -0.4 is 0 Å². The summed E-state index contributed by atoms with van der Waals surface area (Å²) in [5, 5.41) is 0. The van der Waals surface area contributed by atoms with Crippen LogP contribution in [0.2, 0.25) is 0 Å². The minimum Gasteiger partial charge on any atom is -0.469 e. The molecule has 1 aromatic carbocycles. The van der Waals surface area contributed by atoms with Gasteiger partial charge in [0, 0.05) is 0 Å². The third-order valence-corrected chi connectivity index (χ3v) is 2.50. The van der Waals surface area contributed by atoms with E-state index in [2.05, 4.69) is 0 Å². The van der Waals surface area contributed by atoms with Crippen LogP contribution in [-0.4, -0.2) is 19.0 Å². The summed E-state index contributed by atoms with van der Waals surface area (Å²) < 4.78 is 16.5. The molecule has 1 heterocycles. The molecular formula is C15H18O3. The van der Waals surface area contributed by atoms with E-state index in [4.69, 9.17) is 14.2 Å². The van der Waals surface area contributed by atoms with E-state index in [1.54, 1.807) is 6.26 Å². The maximum Gasteiger partial charge on any atom is 0.219 e. The Morgan fingerprint density at radius 3 is 2.78 bits per heavy atom. The normalized spacial score (nSPS) is 19.5. The summed E-state index contributed by atoms with van der Waals surface area (Å²) in [6.07, 6.45) is 6.93. The van der Waals surface area contributed by atoms with Crippen molar-refractivity contribution in [1.82, 2.24) is 0 Å². The summed E-state index contributed by atoms with van der Waals surface area (Å²) in [6, 6.07) is 10.1. The first kappa shape index (κ1) is 12.9. The zero-order valence-electron chi connectivity index (χ0n) is 10.5. The number of benzene rings is 1. The molecule has 2 rings (SSSR count). The second-order valence-corrected chi connectivity index (χ2v) is 4.17. The lowest BCUT2D eigenvalue weighted by molar-refractivity contribution is -0.127. The van der Waals surface area contributed by atoms with Crippen LogP contribution >= 0.6 is 0 Å². The molecule has 1 aromatic rings. The highest BCUT2D eigenvalue weighted by atomic mass is 16.7. The molecule has 1 aliphatic rings. The fourth-order valence-corrected chi connectivity index (χ4v) is 1.63. The number of hydrogen-bond donors (Lipinski definition) is 0. The van der Waals surface area contributed by atoms with Crippen LogP contribution in [0, 0.1) is 0 Å². The van der Waals surface area contributed by atoms with Crippen molar-refractivity contribution in [3.8, 4) is 0 Å². The van der Waals surface area contributed by atoms with Crippen molar-refractivity contribution in [2.75, 3.05) is 6.61 Å². The second-order valence-electron chi connectivity index (χ2n) is 4.17. The van der Waals surface area contributed by atoms with Gasteiger partial charge in [-0.25, -0.2) is 0 Å². The molecule has 0 saturated carbocycles. The molecule has 0 radical (unpaired) electrons. The van der Waals surface area contributed by atoms with Gasteiger partial charge >= 0.3 is 0 Å². The highest BCUT2D eigenvalue weighted by molar-refractivity contribution is 5.13. The van der Waals surface area contributed by atoms with Crippen LogP contribution in [0.4, 0.5) is 0 Å². The van der Waals surface area contributed by atoms with E-state index < -0.39 is 0 Å². The smallest absolute Gasteiger partial charge is 0.219 e. The molecule has 0 saturated heterocycles. The van der Waals surface area contributed by atoms with Gasteiger partial charge in [-0.05, 0) is 24.6 Å². The third kappa shape index (κ3) is 4.35. The van der Waals surface area contributed by atoms with E-state index in [0.717, 1.165) is 0 Å². The lowest BCUT2D eigenvalue weighted by Crippen LogP contribution is -2.24. The van der Waals surface area contributed by atoms with E-state index in [0.29, 0.717) is 13.2 Å². The number of hydrogen-bond acceptors (Lipinski definition) is 3. The van der Waals surface area contributed by atoms with Gasteiger partial charge in [0.2, 0.25) is 6.29 Å². The Labute approximate surface area is 108 Å². The Morgan fingerprint density at radius 1 is 1.22 bits per heavy atom. The summed E-state index contributed by atoms with van der Waals surface area (Å²) in [5.41, 5.74) is 1.17. The Balaban J connectivity index is 1.64. The molecule has 0 fully saturated rings. The first-order chi connectivity index (χ1) is 8.84. The van der Waals surface area contributed by atoms with Gasteiger partial charge in [0.25, 0.3) is 0 Å². The standard InChI is InChI=1S/C15H18O3/c1-13(18-15-9-5-6-10-17-15)11-16-12-14-7-3-2-4-8-14/h2-10,13,15H,11-12H2,1H3/t13?,15-/m0/s1. The minimum absolute atomic E-state index is 0.00476. The molecule has 1 aliphatic heterocycles. The zero-order chi connectivity index (χ0) is 12.6. The molecule has 0 bridgehead atoms. The van der Waals surface area contributed by atoms with Crippen LogP contribution in [-0.2, 0) is 20.8 Å². The summed E-state index contributed by atoms with van der Waals surface area (Å²) >= 11 is 0. The molecule has 3 heteroatoms. The number of rotatable bonds is 6. The van der Waals surface area contributed by atoms with Gasteiger partial charge < -0.3 is 14.2 Å². The maximum absolute atomic E-state index is 5.64. The second kappa shape index (κ2) is 6.99. The van der Waals surface area contributed by atoms with Crippen LogP contribution in [0.15, 0.2) is 54.8 Å². The summed E-state index contributed by atoms with van der Waals surface area (Å²) in [7, 11) is 0. The van der Waals surface area contributed by atoms with Gasteiger partial charge in [-0.3, -0.25) is 0 Å². The minimum atomic E-state index is -0.301. The molecule has 0 aliphatic carbocycles. The van der Waals surface area contributed by atoms with E-state index in [1.165, 1.54) is 5.56 Å². The zero-order valence-corrected chi connectivity index (χ0v) is 10.5.